The van der Waals surface area contributed by atoms with Crippen LogP contribution in [-0.2, 0) is 0 Å². The van der Waals surface area contributed by atoms with E-state index in [1.54, 1.807) is 17.7 Å². The van der Waals surface area contributed by atoms with Gasteiger partial charge < -0.3 is 5.32 Å². The molecule has 4 rings (SSSR count). The lowest BCUT2D eigenvalue weighted by Crippen LogP contribution is -2.30. The third-order valence-corrected chi connectivity index (χ3v) is 5.88. The van der Waals surface area contributed by atoms with E-state index in [2.05, 4.69) is 33.7 Å². The number of nitrogens with one attached hydrogen (secondary N) is 1. The Morgan fingerprint density at radius 3 is 3.05 bits per heavy atom. The quantitative estimate of drug-likeness (QED) is 0.920. The summed E-state index contributed by atoms with van der Waals surface area (Å²) in [4.78, 5) is 9.83. The second kappa shape index (κ2) is 4.44. The minimum atomic E-state index is 0.522. The molecule has 1 N–H and O–H groups in total. The van der Waals surface area contributed by atoms with Gasteiger partial charge in [0.2, 0.25) is 0 Å². The molecule has 2 heterocycles. The molecule has 0 amide bonds. The molecule has 4 heteroatoms. The minimum absolute atomic E-state index is 0.522. The van der Waals surface area contributed by atoms with E-state index in [9.17, 15) is 0 Å². The van der Waals surface area contributed by atoms with Gasteiger partial charge in [0.15, 0.2) is 0 Å². The molecule has 100 valence electrons. The van der Waals surface area contributed by atoms with Gasteiger partial charge in [-0.25, -0.2) is 9.97 Å². The monoisotopic (exact) mass is 273 g/mol. The fourth-order valence-electron chi connectivity index (χ4n) is 4.13. The summed E-state index contributed by atoms with van der Waals surface area (Å²) >= 11 is 1.68. The van der Waals surface area contributed by atoms with E-state index in [-0.39, 0.29) is 0 Å². The van der Waals surface area contributed by atoms with Crippen molar-refractivity contribution < 1.29 is 0 Å². The first-order chi connectivity index (χ1) is 9.31. The lowest BCUT2D eigenvalue weighted by atomic mass is 9.84. The Kier molecular flexibility index (Phi) is 2.72. The average Bonchev–Trinajstić information content (AvgIpc) is 3.14. The summed E-state index contributed by atoms with van der Waals surface area (Å²) in [7, 11) is 0. The molecule has 2 aliphatic carbocycles. The van der Waals surface area contributed by atoms with Crippen molar-refractivity contribution in [3.63, 3.8) is 0 Å². The van der Waals surface area contributed by atoms with Gasteiger partial charge in [-0.3, -0.25) is 0 Å². The van der Waals surface area contributed by atoms with Gasteiger partial charge in [-0.05, 0) is 55.4 Å². The predicted molar refractivity (Wildman–Crippen MR) is 79.4 cm³/mol. The highest BCUT2D eigenvalue weighted by Gasteiger charge is 2.41. The first-order valence-electron chi connectivity index (χ1n) is 7.26. The molecule has 2 aromatic rings. The number of fused-ring (bicyclic) bond motifs is 3. The number of rotatable bonds is 3. The van der Waals surface area contributed by atoms with Crippen molar-refractivity contribution in [1.29, 1.82) is 0 Å². The number of hydrogen-bond acceptors (Lipinski definition) is 4. The second-order valence-electron chi connectivity index (χ2n) is 6.13. The lowest BCUT2D eigenvalue weighted by Gasteiger charge is -2.29. The maximum atomic E-state index is 4.44. The first kappa shape index (κ1) is 11.6. The predicted octanol–water partition coefficient (Wildman–Crippen LogP) is 3.93. The highest BCUT2D eigenvalue weighted by atomic mass is 32.1. The molecule has 0 spiro atoms. The van der Waals surface area contributed by atoms with E-state index in [0.29, 0.717) is 6.04 Å². The van der Waals surface area contributed by atoms with Gasteiger partial charge in [-0.2, -0.15) is 0 Å². The zero-order valence-electron chi connectivity index (χ0n) is 11.2. The number of nitrogens with zero attached hydrogens (tertiary/aromatic N) is 2. The van der Waals surface area contributed by atoms with Gasteiger partial charge in [0.05, 0.1) is 5.39 Å². The molecular formula is C15H19N3S. The van der Waals surface area contributed by atoms with Crippen LogP contribution in [0, 0.1) is 17.8 Å². The molecule has 3 nitrogen and oxygen atoms in total. The second-order valence-corrected chi connectivity index (χ2v) is 7.03. The molecule has 0 aromatic carbocycles. The Balaban J connectivity index is 1.56. The van der Waals surface area contributed by atoms with Crippen LogP contribution in [0.4, 0.5) is 5.82 Å². The van der Waals surface area contributed by atoms with Crippen molar-refractivity contribution >= 4 is 27.4 Å². The Morgan fingerprint density at radius 1 is 1.32 bits per heavy atom. The zero-order chi connectivity index (χ0) is 12.8. The fraction of sp³-hybridized carbons (Fsp3) is 0.600. The van der Waals surface area contributed by atoms with E-state index in [1.165, 1.54) is 31.1 Å². The van der Waals surface area contributed by atoms with Crippen LogP contribution in [0.3, 0.4) is 0 Å². The van der Waals surface area contributed by atoms with Crippen LogP contribution in [0.1, 0.15) is 32.6 Å². The summed E-state index contributed by atoms with van der Waals surface area (Å²) in [6.45, 7) is 2.33. The largest absolute Gasteiger partial charge is 0.367 e. The van der Waals surface area contributed by atoms with Gasteiger partial charge in [0, 0.05) is 6.04 Å². The maximum absolute atomic E-state index is 4.44. The van der Waals surface area contributed by atoms with Crippen LogP contribution in [-0.4, -0.2) is 16.0 Å². The van der Waals surface area contributed by atoms with Crippen molar-refractivity contribution in [2.24, 2.45) is 17.8 Å². The maximum Gasteiger partial charge on any atom is 0.138 e. The van der Waals surface area contributed by atoms with Gasteiger partial charge in [-0.15, -0.1) is 11.3 Å². The van der Waals surface area contributed by atoms with E-state index in [1.807, 2.05) is 0 Å². The number of hydrogen-bond donors (Lipinski definition) is 1. The van der Waals surface area contributed by atoms with Crippen LogP contribution >= 0.6 is 11.3 Å². The molecule has 2 aliphatic rings. The third kappa shape index (κ3) is 1.93. The van der Waals surface area contributed by atoms with E-state index >= 15 is 0 Å². The Bertz CT molecular complexity index is 594. The van der Waals surface area contributed by atoms with Crippen LogP contribution in [0.2, 0.25) is 0 Å². The molecule has 19 heavy (non-hydrogen) atoms. The molecule has 2 saturated carbocycles. The van der Waals surface area contributed by atoms with E-state index in [4.69, 9.17) is 0 Å². The lowest BCUT2D eigenvalue weighted by molar-refractivity contribution is 0.304. The normalized spacial score (nSPS) is 30.9. The van der Waals surface area contributed by atoms with Crippen LogP contribution in [0.5, 0.6) is 0 Å². The Morgan fingerprint density at radius 2 is 2.26 bits per heavy atom. The molecule has 0 aliphatic heterocycles. The third-order valence-electron chi connectivity index (χ3n) is 5.06. The van der Waals surface area contributed by atoms with Gasteiger partial charge in [0.1, 0.15) is 17.0 Å². The zero-order valence-corrected chi connectivity index (χ0v) is 12.0. The molecule has 0 saturated heterocycles. The van der Waals surface area contributed by atoms with Gasteiger partial charge in [-0.1, -0.05) is 6.42 Å². The Hall–Kier alpha value is -1.16. The molecule has 2 fully saturated rings. The average molecular weight is 273 g/mol. The molecule has 0 radical (unpaired) electrons. The van der Waals surface area contributed by atoms with Crippen molar-refractivity contribution in [2.75, 3.05) is 5.32 Å². The van der Waals surface area contributed by atoms with Gasteiger partial charge in [0.25, 0.3) is 0 Å². The highest BCUT2D eigenvalue weighted by molar-refractivity contribution is 7.16. The summed E-state index contributed by atoms with van der Waals surface area (Å²) in [5.74, 6) is 3.81. The summed E-state index contributed by atoms with van der Waals surface area (Å²) < 4.78 is 0. The SMILES string of the molecule is C[C@@H](Nc1ncnc2sccc12)[C@@H]1C[C@H]2CC[C@H]1C2. The van der Waals surface area contributed by atoms with Crippen LogP contribution in [0.15, 0.2) is 17.8 Å². The summed E-state index contributed by atoms with van der Waals surface area (Å²) in [6, 6.07) is 2.64. The highest BCUT2D eigenvalue weighted by Crippen LogP contribution is 2.49. The van der Waals surface area contributed by atoms with Crippen molar-refractivity contribution in [3.8, 4) is 0 Å². The van der Waals surface area contributed by atoms with E-state index < -0.39 is 0 Å². The number of aromatic nitrogens is 2. The number of anilines is 1. The molecule has 0 unspecified atom stereocenters. The van der Waals surface area contributed by atoms with Crippen molar-refractivity contribution in [2.45, 2.75) is 38.6 Å². The summed E-state index contributed by atoms with van der Waals surface area (Å²) in [5.41, 5.74) is 0. The fourth-order valence-corrected chi connectivity index (χ4v) is 4.87. The molecule has 4 atom stereocenters. The summed E-state index contributed by atoms with van der Waals surface area (Å²) in [5, 5.41) is 6.91. The minimum Gasteiger partial charge on any atom is -0.367 e. The molecular weight excluding hydrogens is 254 g/mol. The first-order valence-corrected chi connectivity index (χ1v) is 8.14. The van der Waals surface area contributed by atoms with E-state index in [0.717, 1.165) is 28.4 Å². The molecule has 2 bridgehead atoms. The summed E-state index contributed by atoms with van der Waals surface area (Å²) in [6.07, 6.45) is 7.47. The van der Waals surface area contributed by atoms with Crippen molar-refractivity contribution in [1.82, 2.24) is 9.97 Å². The van der Waals surface area contributed by atoms with Crippen LogP contribution < -0.4 is 5.32 Å². The molecule has 2 aromatic heterocycles. The number of thiophene rings is 1. The smallest absolute Gasteiger partial charge is 0.138 e. The van der Waals surface area contributed by atoms with Gasteiger partial charge >= 0.3 is 0 Å². The standard InChI is InChI=1S/C15H19N3S/c1-9(13-7-10-2-3-11(13)6-10)18-14-12-4-5-19-15(12)17-8-16-14/h4-5,8-11,13H,2-3,6-7H2,1H3,(H,16,17,18)/t9-,10+,11+,13+/m1/s1. The van der Waals surface area contributed by atoms with Crippen LogP contribution in [0.25, 0.3) is 10.2 Å². The topological polar surface area (TPSA) is 37.8 Å². The van der Waals surface area contributed by atoms with Crippen molar-refractivity contribution in [3.05, 3.63) is 17.8 Å². The Labute approximate surface area is 117 Å².